The normalized spacial score (nSPS) is 19.9. The van der Waals surface area contributed by atoms with E-state index in [-0.39, 0.29) is 6.04 Å². The Balaban J connectivity index is 1.85. The first-order chi connectivity index (χ1) is 9.69. The molecule has 3 rings (SSSR count). The smallest absolute Gasteiger partial charge is 0.0704 e. The summed E-state index contributed by atoms with van der Waals surface area (Å²) in [6.07, 6.45) is 9.46. The van der Waals surface area contributed by atoms with E-state index < -0.39 is 0 Å². The molecule has 2 heteroatoms. The average molecular weight is 268 g/mol. The molecule has 0 saturated heterocycles. The van der Waals surface area contributed by atoms with Crippen LogP contribution in [-0.2, 0) is 6.42 Å². The highest BCUT2D eigenvalue weighted by Gasteiger charge is 2.33. The van der Waals surface area contributed by atoms with Gasteiger partial charge >= 0.3 is 0 Å². The predicted octanol–water partition coefficient (Wildman–Crippen LogP) is 4.08. The van der Waals surface area contributed by atoms with Gasteiger partial charge in [-0.2, -0.15) is 0 Å². The van der Waals surface area contributed by atoms with Crippen LogP contribution in [0.15, 0.2) is 36.5 Å². The molecular weight excluding hydrogens is 244 g/mol. The fourth-order valence-corrected chi connectivity index (χ4v) is 3.55. The number of hydrogen-bond acceptors (Lipinski definition) is 2. The Kier molecular flexibility index (Phi) is 3.75. The Labute approximate surface area is 121 Å². The molecule has 1 aromatic carbocycles. The average Bonchev–Trinajstić information content (AvgIpc) is 2.48. The SMILES string of the molecule is CC1(C(N)Cc2ccnc3ccccc23)CCCCC1. The van der Waals surface area contributed by atoms with Crippen LogP contribution < -0.4 is 5.73 Å². The first kappa shape index (κ1) is 13.6. The molecule has 20 heavy (non-hydrogen) atoms. The van der Waals surface area contributed by atoms with Gasteiger partial charge in [0.1, 0.15) is 0 Å². The minimum absolute atomic E-state index is 0.244. The molecule has 0 radical (unpaired) electrons. The zero-order chi connectivity index (χ0) is 14.0. The van der Waals surface area contributed by atoms with Crippen molar-refractivity contribution >= 4 is 10.9 Å². The lowest BCUT2D eigenvalue weighted by molar-refractivity contribution is 0.169. The van der Waals surface area contributed by atoms with Crippen LogP contribution in [0.5, 0.6) is 0 Å². The molecule has 0 amide bonds. The van der Waals surface area contributed by atoms with Gasteiger partial charge in [0.15, 0.2) is 0 Å². The number of hydrogen-bond donors (Lipinski definition) is 1. The fraction of sp³-hybridized carbons (Fsp3) is 0.500. The van der Waals surface area contributed by atoms with Crippen LogP contribution in [0.1, 0.15) is 44.6 Å². The molecule has 1 unspecified atom stereocenters. The summed E-state index contributed by atoms with van der Waals surface area (Å²) in [5.41, 5.74) is 9.31. The Morgan fingerprint density at radius 1 is 1.15 bits per heavy atom. The van der Waals surface area contributed by atoms with Gasteiger partial charge in [-0.1, -0.05) is 44.4 Å². The number of pyridine rings is 1. The van der Waals surface area contributed by atoms with Crippen molar-refractivity contribution in [2.45, 2.75) is 51.5 Å². The number of aromatic nitrogens is 1. The summed E-state index contributed by atoms with van der Waals surface area (Å²) in [4.78, 5) is 4.44. The Morgan fingerprint density at radius 2 is 1.90 bits per heavy atom. The maximum atomic E-state index is 6.59. The van der Waals surface area contributed by atoms with E-state index in [1.165, 1.54) is 43.1 Å². The molecule has 1 aliphatic carbocycles. The number of fused-ring (bicyclic) bond motifs is 1. The van der Waals surface area contributed by atoms with Gasteiger partial charge in [0.2, 0.25) is 0 Å². The zero-order valence-electron chi connectivity index (χ0n) is 12.3. The van der Waals surface area contributed by atoms with Gasteiger partial charge in [-0.05, 0) is 42.4 Å². The second kappa shape index (κ2) is 5.53. The lowest BCUT2D eigenvalue weighted by atomic mass is 9.69. The van der Waals surface area contributed by atoms with E-state index in [2.05, 4.69) is 36.2 Å². The molecular formula is C18H24N2. The number of benzene rings is 1. The van der Waals surface area contributed by atoms with E-state index in [0.717, 1.165) is 11.9 Å². The van der Waals surface area contributed by atoms with Crippen LogP contribution in [-0.4, -0.2) is 11.0 Å². The van der Waals surface area contributed by atoms with Gasteiger partial charge in [0.25, 0.3) is 0 Å². The number of nitrogens with zero attached hydrogens (tertiary/aromatic N) is 1. The van der Waals surface area contributed by atoms with Crippen molar-refractivity contribution in [1.82, 2.24) is 4.98 Å². The number of para-hydroxylation sites is 1. The van der Waals surface area contributed by atoms with Crippen molar-refractivity contribution < 1.29 is 0 Å². The third-order valence-corrected chi connectivity index (χ3v) is 5.07. The molecule has 0 spiro atoms. The number of nitrogens with two attached hydrogens (primary N) is 1. The molecule has 1 aliphatic rings. The van der Waals surface area contributed by atoms with E-state index in [1.807, 2.05) is 12.3 Å². The van der Waals surface area contributed by atoms with Crippen LogP contribution in [0.4, 0.5) is 0 Å². The molecule has 0 bridgehead atoms. The van der Waals surface area contributed by atoms with Crippen molar-refractivity contribution in [2.24, 2.45) is 11.1 Å². The highest BCUT2D eigenvalue weighted by atomic mass is 14.7. The molecule has 1 atom stereocenters. The summed E-state index contributed by atoms with van der Waals surface area (Å²) in [7, 11) is 0. The molecule has 2 N–H and O–H groups in total. The maximum Gasteiger partial charge on any atom is 0.0704 e. The summed E-state index contributed by atoms with van der Waals surface area (Å²) >= 11 is 0. The van der Waals surface area contributed by atoms with Crippen LogP contribution in [0.3, 0.4) is 0 Å². The van der Waals surface area contributed by atoms with Crippen molar-refractivity contribution in [3.63, 3.8) is 0 Å². The van der Waals surface area contributed by atoms with E-state index in [4.69, 9.17) is 5.73 Å². The molecule has 1 heterocycles. The Morgan fingerprint density at radius 3 is 2.70 bits per heavy atom. The predicted molar refractivity (Wildman–Crippen MR) is 84.6 cm³/mol. The molecule has 106 valence electrons. The largest absolute Gasteiger partial charge is 0.327 e. The quantitative estimate of drug-likeness (QED) is 0.911. The summed E-state index contributed by atoms with van der Waals surface area (Å²) in [6.45, 7) is 2.38. The van der Waals surface area contributed by atoms with Crippen molar-refractivity contribution in [3.05, 3.63) is 42.1 Å². The van der Waals surface area contributed by atoms with Gasteiger partial charge in [0, 0.05) is 17.6 Å². The molecule has 2 nitrogen and oxygen atoms in total. The summed E-state index contributed by atoms with van der Waals surface area (Å²) in [5, 5.41) is 1.25. The van der Waals surface area contributed by atoms with Crippen LogP contribution in [0, 0.1) is 5.41 Å². The minimum atomic E-state index is 0.244. The van der Waals surface area contributed by atoms with Gasteiger partial charge in [-0.3, -0.25) is 4.98 Å². The first-order valence-corrected chi connectivity index (χ1v) is 7.77. The second-order valence-corrected chi connectivity index (χ2v) is 6.51. The topological polar surface area (TPSA) is 38.9 Å². The monoisotopic (exact) mass is 268 g/mol. The molecule has 0 aliphatic heterocycles. The summed E-state index contributed by atoms with van der Waals surface area (Å²) < 4.78 is 0. The molecule has 1 saturated carbocycles. The standard InChI is InChI=1S/C18H24N2/c1-18(10-5-2-6-11-18)17(19)13-14-9-12-20-16-8-4-3-7-15(14)16/h3-4,7-9,12,17H,2,5-6,10-11,13,19H2,1H3. The second-order valence-electron chi connectivity index (χ2n) is 6.51. The first-order valence-electron chi connectivity index (χ1n) is 7.77. The van der Waals surface area contributed by atoms with Crippen molar-refractivity contribution in [2.75, 3.05) is 0 Å². The molecule has 1 fully saturated rings. The molecule has 1 aromatic heterocycles. The minimum Gasteiger partial charge on any atom is -0.327 e. The van der Waals surface area contributed by atoms with Crippen LogP contribution in [0.2, 0.25) is 0 Å². The molecule has 2 aromatic rings. The Hall–Kier alpha value is -1.41. The fourth-order valence-electron chi connectivity index (χ4n) is 3.55. The van der Waals surface area contributed by atoms with Crippen molar-refractivity contribution in [1.29, 1.82) is 0 Å². The summed E-state index contributed by atoms with van der Waals surface area (Å²) in [6, 6.07) is 10.7. The lowest BCUT2D eigenvalue weighted by Crippen LogP contribution is -2.42. The third kappa shape index (κ3) is 2.57. The highest BCUT2D eigenvalue weighted by Crippen LogP contribution is 2.39. The maximum absolute atomic E-state index is 6.59. The van der Waals surface area contributed by atoms with Gasteiger partial charge in [-0.25, -0.2) is 0 Å². The van der Waals surface area contributed by atoms with Crippen molar-refractivity contribution in [3.8, 4) is 0 Å². The summed E-state index contributed by atoms with van der Waals surface area (Å²) in [5.74, 6) is 0. The van der Waals surface area contributed by atoms with E-state index in [1.54, 1.807) is 0 Å². The Bertz CT molecular complexity index is 579. The van der Waals surface area contributed by atoms with Gasteiger partial charge < -0.3 is 5.73 Å². The van der Waals surface area contributed by atoms with E-state index in [9.17, 15) is 0 Å². The van der Waals surface area contributed by atoms with Gasteiger partial charge in [-0.15, -0.1) is 0 Å². The third-order valence-electron chi connectivity index (χ3n) is 5.07. The van der Waals surface area contributed by atoms with Crippen LogP contribution in [0.25, 0.3) is 10.9 Å². The van der Waals surface area contributed by atoms with E-state index in [0.29, 0.717) is 5.41 Å². The van der Waals surface area contributed by atoms with Crippen LogP contribution >= 0.6 is 0 Å². The lowest BCUT2D eigenvalue weighted by Gasteiger charge is -2.39. The van der Waals surface area contributed by atoms with E-state index >= 15 is 0 Å². The van der Waals surface area contributed by atoms with Gasteiger partial charge in [0.05, 0.1) is 5.52 Å². The highest BCUT2D eigenvalue weighted by molar-refractivity contribution is 5.81. The zero-order valence-corrected chi connectivity index (χ0v) is 12.3. The number of rotatable bonds is 3.